The summed E-state index contributed by atoms with van der Waals surface area (Å²) in [7, 11) is 0. The predicted octanol–water partition coefficient (Wildman–Crippen LogP) is 4.37. The summed E-state index contributed by atoms with van der Waals surface area (Å²) in [6.45, 7) is 2.01. The van der Waals surface area contributed by atoms with E-state index in [2.05, 4.69) is 11.1 Å². The van der Waals surface area contributed by atoms with E-state index in [9.17, 15) is 14.8 Å². The molecule has 28 heavy (non-hydrogen) atoms. The quantitative estimate of drug-likeness (QED) is 0.699. The third-order valence-corrected chi connectivity index (χ3v) is 6.23. The number of thiazole rings is 1. The van der Waals surface area contributed by atoms with E-state index in [1.165, 1.54) is 23.5 Å². The Morgan fingerprint density at radius 3 is 2.32 bits per heavy atom. The lowest BCUT2D eigenvalue weighted by atomic mass is 9.76. The van der Waals surface area contributed by atoms with Crippen molar-refractivity contribution in [3.8, 4) is 17.2 Å². The number of aromatic nitrogens is 1. The number of aryl methyl sites for hydroxylation is 1. The van der Waals surface area contributed by atoms with E-state index in [1.54, 1.807) is 12.1 Å². The summed E-state index contributed by atoms with van der Waals surface area (Å²) in [6.07, 6.45) is 0.847. The number of aliphatic hydroxyl groups excluding tert-OH is 1. The Kier molecular flexibility index (Phi) is 5.12. The number of hydrogen-bond donors (Lipinski definition) is 1. The second kappa shape index (κ2) is 7.70. The predicted molar refractivity (Wildman–Crippen MR) is 109 cm³/mol. The van der Waals surface area contributed by atoms with Gasteiger partial charge in [-0.1, -0.05) is 43.3 Å². The third-order valence-electron chi connectivity index (χ3n) is 5.33. The molecule has 0 bridgehead atoms. The molecule has 2 aromatic carbocycles. The van der Waals surface area contributed by atoms with Crippen LogP contribution in [0.2, 0.25) is 0 Å². The maximum Gasteiger partial charge on any atom is 0.186 e. The summed E-state index contributed by atoms with van der Waals surface area (Å²) in [5.41, 5.74) is 3.94. The van der Waals surface area contributed by atoms with Gasteiger partial charge in [0.05, 0.1) is 24.4 Å². The molecule has 6 heteroatoms. The van der Waals surface area contributed by atoms with Gasteiger partial charge in [-0.3, -0.25) is 0 Å². The summed E-state index contributed by atoms with van der Waals surface area (Å²) >= 11 is 1.52. The number of halogens is 1. The molecule has 1 fully saturated rings. The molecule has 1 N–H and O–H groups in total. The van der Waals surface area contributed by atoms with Crippen LogP contribution < -0.4 is 4.90 Å². The molecule has 142 valence electrons. The summed E-state index contributed by atoms with van der Waals surface area (Å²) < 4.78 is 13.1. The van der Waals surface area contributed by atoms with Crippen molar-refractivity contribution in [3.63, 3.8) is 0 Å². The Morgan fingerprint density at radius 2 is 1.79 bits per heavy atom. The van der Waals surface area contributed by atoms with E-state index < -0.39 is 0 Å². The average molecular weight is 393 g/mol. The fourth-order valence-electron chi connectivity index (χ4n) is 3.79. The van der Waals surface area contributed by atoms with Crippen LogP contribution in [0.1, 0.15) is 24.1 Å². The second-order valence-corrected chi connectivity index (χ2v) is 7.70. The Morgan fingerprint density at radius 1 is 1.14 bits per heavy atom. The van der Waals surface area contributed by atoms with E-state index in [0.29, 0.717) is 0 Å². The minimum atomic E-state index is -0.357. The van der Waals surface area contributed by atoms with Crippen LogP contribution in [0.4, 0.5) is 9.52 Å². The van der Waals surface area contributed by atoms with Crippen LogP contribution >= 0.6 is 11.3 Å². The van der Waals surface area contributed by atoms with Crippen molar-refractivity contribution in [1.29, 1.82) is 5.26 Å². The number of hydrogen-bond acceptors (Lipinski definition) is 5. The fourth-order valence-corrected chi connectivity index (χ4v) is 4.79. The van der Waals surface area contributed by atoms with E-state index in [-0.39, 0.29) is 30.4 Å². The number of benzene rings is 2. The highest BCUT2D eigenvalue weighted by molar-refractivity contribution is 7.13. The molecule has 0 radical (unpaired) electrons. The van der Waals surface area contributed by atoms with Crippen molar-refractivity contribution >= 4 is 16.5 Å². The summed E-state index contributed by atoms with van der Waals surface area (Å²) in [4.78, 5) is 6.52. The minimum absolute atomic E-state index is 0.0381. The molecule has 3 aromatic rings. The van der Waals surface area contributed by atoms with Gasteiger partial charge in [0.15, 0.2) is 5.13 Å². The molecule has 3 atom stereocenters. The first-order chi connectivity index (χ1) is 13.7. The van der Waals surface area contributed by atoms with Gasteiger partial charge in [0.2, 0.25) is 0 Å². The Balaban J connectivity index is 1.59. The van der Waals surface area contributed by atoms with Crippen molar-refractivity contribution in [2.45, 2.75) is 31.3 Å². The second-order valence-electron chi connectivity index (χ2n) is 6.86. The highest BCUT2D eigenvalue weighted by atomic mass is 32.1. The topological polar surface area (TPSA) is 60.1 Å². The zero-order chi connectivity index (χ0) is 19.7. The lowest BCUT2D eigenvalue weighted by molar-refractivity contribution is 0.187. The molecule has 0 spiro atoms. The Bertz CT molecular complexity index is 994. The van der Waals surface area contributed by atoms with Gasteiger partial charge in [-0.2, -0.15) is 5.26 Å². The first-order valence-corrected chi connectivity index (χ1v) is 10.1. The van der Waals surface area contributed by atoms with E-state index in [1.807, 2.05) is 41.5 Å². The zero-order valence-corrected chi connectivity index (χ0v) is 16.2. The number of nitriles is 1. The van der Waals surface area contributed by atoms with E-state index >= 15 is 0 Å². The molecule has 1 saturated heterocycles. The van der Waals surface area contributed by atoms with Crippen molar-refractivity contribution in [2.24, 2.45) is 0 Å². The minimum Gasteiger partial charge on any atom is -0.394 e. The lowest BCUT2D eigenvalue weighted by Crippen LogP contribution is -2.63. The van der Waals surface area contributed by atoms with Crippen LogP contribution in [0.5, 0.6) is 0 Å². The van der Waals surface area contributed by atoms with Gasteiger partial charge in [0.1, 0.15) is 11.9 Å². The summed E-state index contributed by atoms with van der Waals surface area (Å²) in [6, 6.07) is 16.2. The fraction of sp³-hybridized carbons (Fsp3) is 0.273. The van der Waals surface area contributed by atoms with Crippen LogP contribution in [0.3, 0.4) is 0 Å². The van der Waals surface area contributed by atoms with Crippen LogP contribution in [-0.2, 0) is 6.42 Å². The first-order valence-electron chi connectivity index (χ1n) is 9.25. The molecular weight excluding hydrogens is 373 g/mol. The van der Waals surface area contributed by atoms with Gasteiger partial charge in [-0.25, -0.2) is 9.37 Å². The van der Waals surface area contributed by atoms with E-state index in [0.717, 1.165) is 33.9 Å². The monoisotopic (exact) mass is 393 g/mol. The van der Waals surface area contributed by atoms with E-state index in [4.69, 9.17) is 0 Å². The molecule has 0 amide bonds. The van der Waals surface area contributed by atoms with Crippen LogP contribution in [-0.4, -0.2) is 28.8 Å². The van der Waals surface area contributed by atoms with Gasteiger partial charge in [-0.05, 0) is 35.2 Å². The summed E-state index contributed by atoms with van der Waals surface area (Å²) in [5.74, 6) is -0.336. The first kappa shape index (κ1) is 18.6. The molecule has 1 aromatic heterocycles. The highest BCUT2D eigenvalue weighted by Gasteiger charge is 2.50. The van der Waals surface area contributed by atoms with Gasteiger partial charge >= 0.3 is 0 Å². The van der Waals surface area contributed by atoms with Crippen LogP contribution in [0, 0.1) is 17.1 Å². The lowest BCUT2D eigenvalue weighted by Gasteiger charge is -2.51. The van der Waals surface area contributed by atoms with Crippen molar-refractivity contribution in [1.82, 2.24) is 4.98 Å². The van der Waals surface area contributed by atoms with Gasteiger partial charge < -0.3 is 10.0 Å². The SMILES string of the molecule is CCc1csc(N2[C@H](CO)[C@@H](c3ccc(-c4ccc(F)cc4)cc3)[C@@H]2C#N)n1. The standard InChI is InChI=1S/C22H20FN3OS/c1-2-18-13-28-22(25-18)26-19(11-24)21(20(26)12-27)16-5-3-14(4-6-16)15-7-9-17(23)10-8-15/h3-10,13,19-21,27H,2,12H2,1H3/t19-,20+,21-/m0/s1. The number of nitrogens with zero attached hydrogens (tertiary/aromatic N) is 3. The smallest absolute Gasteiger partial charge is 0.186 e. The molecule has 0 saturated carbocycles. The number of aliphatic hydroxyl groups is 1. The molecule has 2 heterocycles. The van der Waals surface area contributed by atoms with Gasteiger partial charge in [-0.15, -0.1) is 11.3 Å². The average Bonchev–Trinajstić information content (AvgIpc) is 3.17. The Labute approximate surface area is 167 Å². The maximum atomic E-state index is 13.1. The molecular formula is C22H20FN3OS. The largest absolute Gasteiger partial charge is 0.394 e. The Hall–Kier alpha value is -2.75. The normalized spacial score (nSPS) is 21.2. The number of rotatable bonds is 5. The van der Waals surface area contributed by atoms with Crippen LogP contribution in [0.15, 0.2) is 53.9 Å². The molecule has 4 rings (SSSR count). The number of anilines is 1. The van der Waals surface area contributed by atoms with Gasteiger partial charge in [0, 0.05) is 11.3 Å². The molecule has 4 nitrogen and oxygen atoms in total. The molecule has 1 aliphatic heterocycles. The zero-order valence-electron chi connectivity index (χ0n) is 15.4. The van der Waals surface area contributed by atoms with Gasteiger partial charge in [0.25, 0.3) is 0 Å². The highest BCUT2D eigenvalue weighted by Crippen LogP contribution is 2.44. The van der Waals surface area contributed by atoms with Crippen molar-refractivity contribution in [3.05, 3.63) is 71.0 Å². The molecule has 0 unspecified atom stereocenters. The molecule has 0 aliphatic carbocycles. The maximum absolute atomic E-state index is 13.1. The molecule has 1 aliphatic rings. The van der Waals surface area contributed by atoms with Crippen LogP contribution in [0.25, 0.3) is 11.1 Å². The summed E-state index contributed by atoms with van der Waals surface area (Å²) in [5, 5.41) is 22.5. The third kappa shape index (κ3) is 3.17. The van der Waals surface area contributed by atoms with Crippen molar-refractivity contribution in [2.75, 3.05) is 11.5 Å². The van der Waals surface area contributed by atoms with Crippen molar-refractivity contribution < 1.29 is 9.50 Å².